The molecule has 5 nitrogen and oxygen atoms in total. The molecular formula is C18H33IN4OS. The number of morpholine rings is 1. The van der Waals surface area contributed by atoms with Gasteiger partial charge in [0, 0.05) is 38.1 Å². The Morgan fingerprint density at radius 3 is 2.80 bits per heavy atom. The van der Waals surface area contributed by atoms with Gasteiger partial charge in [-0.05, 0) is 43.2 Å². The van der Waals surface area contributed by atoms with Crippen LogP contribution < -0.4 is 10.6 Å². The van der Waals surface area contributed by atoms with Crippen molar-refractivity contribution in [2.45, 2.75) is 26.2 Å². The molecule has 1 atom stereocenters. The van der Waals surface area contributed by atoms with E-state index < -0.39 is 0 Å². The number of ether oxygens (including phenoxy) is 1. The van der Waals surface area contributed by atoms with E-state index in [1.54, 1.807) is 0 Å². The Kier molecular flexibility index (Phi) is 12.5. The summed E-state index contributed by atoms with van der Waals surface area (Å²) in [4.78, 5) is 8.26. The summed E-state index contributed by atoms with van der Waals surface area (Å²) in [5.41, 5.74) is 0. The van der Waals surface area contributed by atoms with Crippen LogP contribution in [0.25, 0.3) is 0 Å². The van der Waals surface area contributed by atoms with Crippen LogP contribution in [0.5, 0.6) is 0 Å². The highest BCUT2D eigenvalue weighted by molar-refractivity contribution is 14.0. The number of nitrogens with zero attached hydrogens (tertiary/aromatic N) is 2. The molecule has 0 saturated carbocycles. The van der Waals surface area contributed by atoms with Gasteiger partial charge in [-0.25, -0.2) is 0 Å². The van der Waals surface area contributed by atoms with E-state index in [1.165, 1.54) is 24.3 Å². The van der Waals surface area contributed by atoms with Crippen LogP contribution in [0.4, 0.5) is 0 Å². The Bertz CT molecular complexity index is 464. The van der Waals surface area contributed by atoms with Crippen molar-refractivity contribution in [2.24, 2.45) is 10.9 Å². The molecule has 0 amide bonds. The van der Waals surface area contributed by atoms with Crippen LogP contribution in [0, 0.1) is 5.92 Å². The number of halogens is 1. The molecule has 2 N–H and O–H groups in total. The number of aliphatic imine (C=N–C) groups is 1. The van der Waals surface area contributed by atoms with E-state index in [1.807, 2.05) is 18.4 Å². The first kappa shape index (κ1) is 22.7. The maximum Gasteiger partial charge on any atom is 0.190 e. The average molecular weight is 480 g/mol. The van der Waals surface area contributed by atoms with Crippen molar-refractivity contribution in [1.82, 2.24) is 15.5 Å². The lowest BCUT2D eigenvalue weighted by Gasteiger charge is -2.26. The SMILES string of the molecule is CN=C(NCCCCN1CCOCC1)NCC(C)Cc1cccs1.I. The van der Waals surface area contributed by atoms with Crippen LogP contribution in [0.1, 0.15) is 24.6 Å². The summed E-state index contributed by atoms with van der Waals surface area (Å²) in [6.45, 7) is 9.32. The van der Waals surface area contributed by atoms with Gasteiger partial charge >= 0.3 is 0 Å². The van der Waals surface area contributed by atoms with Gasteiger partial charge in [0.15, 0.2) is 5.96 Å². The number of rotatable bonds is 9. The molecule has 1 aliphatic heterocycles. The van der Waals surface area contributed by atoms with Gasteiger partial charge < -0.3 is 15.4 Å². The third-order valence-electron chi connectivity index (χ3n) is 4.27. The molecule has 1 fully saturated rings. The highest BCUT2D eigenvalue weighted by atomic mass is 127. The molecule has 0 aliphatic carbocycles. The summed E-state index contributed by atoms with van der Waals surface area (Å²) in [7, 11) is 1.84. The minimum absolute atomic E-state index is 0. The van der Waals surface area contributed by atoms with Gasteiger partial charge in [-0.15, -0.1) is 35.3 Å². The molecular weight excluding hydrogens is 447 g/mol. The van der Waals surface area contributed by atoms with Gasteiger partial charge in [-0.1, -0.05) is 13.0 Å². The first-order chi connectivity index (χ1) is 11.8. The molecule has 0 radical (unpaired) electrons. The minimum Gasteiger partial charge on any atom is -0.379 e. The number of guanidine groups is 1. The number of thiophene rings is 1. The van der Waals surface area contributed by atoms with Gasteiger partial charge in [-0.2, -0.15) is 0 Å². The second kappa shape index (κ2) is 13.8. The van der Waals surface area contributed by atoms with Gasteiger partial charge in [0.1, 0.15) is 0 Å². The van der Waals surface area contributed by atoms with Gasteiger partial charge in [0.2, 0.25) is 0 Å². The minimum atomic E-state index is 0. The standard InChI is InChI=1S/C18H32N4OS.HI/c1-16(14-17-6-5-13-24-17)15-21-18(19-2)20-7-3-4-8-22-9-11-23-12-10-22;/h5-6,13,16H,3-4,7-12,14-15H2,1-2H3,(H2,19,20,21);1H. The lowest BCUT2D eigenvalue weighted by atomic mass is 10.1. The van der Waals surface area contributed by atoms with Crippen molar-refractivity contribution in [1.29, 1.82) is 0 Å². The van der Waals surface area contributed by atoms with E-state index in [0.29, 0.717) is 5.92 Å². The normalized spacial score (nSPS) is 17.0. The first-order valence-electron chi connectivity index (χ1n) is 9.05. The molecule has 0 spiro atoms. The maximum absolute atomic E-state index is 5.37. The van der Waals surface area contributed by atoms with Crippen molar-refractivity contribution in [3.8, 4) is 0 Å². The summed E-state index contributed by atoms with van der Waals surface area (Å²) < 4.78 is 5.37. The number of hydrogen-bond donors (Lipinski definition) is 2. The van der Waals surface area contributed by atoms with Crippen LogP contribution in [0.3, 0.4) is 0 Å². The summed E-state index contributed by atoms with van der Waals surface area (Å²) in [5, 5.41) is 9.00. The highest BCUT2D eigenvalue weighted by Gasteiger charge is 2.09. The molecule has 0 bridgehead atoms. The van der Waals surface area contributed by atoms with Gasteiger partial charge in [0.25, 0.3) is 0 Å². The van der Waals surface area contributed by atoms with E-state index in [2.05, 4.69) is 45.0 Å². The van der Waals surface area contributed by atoms with Crippen LogP contribution in [-0.2, 0) is 11.2 Å². The molecule has 25 heavy (non-hydrogen) atoms. The largest absolute Gasteiger partial charge is 0.379 e. The zero-order chi connectivity index (χ0) is 17.0. The molecule has 2 rings (SSSR count). The topological polar surface area (TPSA) is 48.9 Å². The predicted octanol–water partition coefficient (Wildman–Crippen LogP) is 2.82. The number of unbranched alkanes of at least 4 members (excludes halogenated alkanes) is 1. The summed E-state index contributed by atoms with van der Waals surface area (Å²) in [6.07, 6.45) is 3.52. The van der Waals surface area contributed by atoms with E-state index in [4.69, 9.17) is 4.74 Å². The van der Waals surface area contributed by atoms with Crippen molar-refractivity contribution >= 4 is 41.3 Å². The van der Waals surface area contributed by atoms with E-state index >= 15 is 0 Å². The van der Waals surface area contributed by atoms with E-state index in [-0.39, 0.29) is 24.0 Å². The number of nitrogens with one attached hydrogen (secondary N) is 2. The van der Waals surface area contributed by atoms with Crippen LogP contribution in [-0.4, -0.2) is 63.8 Å². The Morgan fingerprint density at radius 1 is 1.32 bits per heavy atom. The molecule has 2 heterocycles. The average Bonchev–Trinajstić information content (AvgIpc) is 3.11. The van der Waals surface area contributed by atoms with E-state index in [0.717, 1.165) is 51.8 Å². The smallest absolute Gasteiger partial charge is 0.190 e. The Morgan fingerprint density at radius 2 is 2.12 bits per heavy atom. The van der Waals surface area contributed by atoms with Gasteiger partial charge in [-0.3, -0.25) is 9.89 Å². The fourth-order valence-electron chi connectivity index (χ4n) is 2.83. The molecule has 0 aromatic carbocycles. The van der Waals surface area contributed by atoms with E-state index in [9.17, 15) is 0 Å². The summed E-state index contributed by atoms with van der Waals surface area (Å²) >= 11 is 1.84. The molecule has 1 aromatic heterocycles. The second-order valence-electron chi connectivity index (χ2n) is 6.43. The molecule has 7 heteroatoms. The lowest BCUT2D eigenvalue weighted by molar-refractivity contribution is 0.0372. The predicted molar refractivity (Wildman–Crippen MR) is 118 cm³/mol. The lowest BCUT2D eigenvalue weighted by Crippen LogP contribution is -2.40. The summed E-state index contributed by atoms with van der Waals surface area (Å²) in [6, 6.07) is 4.33. The van der Waals surface area contributed by atoms with Crippen LogP contribution >= 0.6 is 35.3 Å². The zero-order valence-electron chi connectivity index (χ0n) is 15.5. The quantitative estimate of drug-likeness (QED) is 0.247. The molecule has 1 aliphatic rings. The van der Waals surface area contributed by atoms with Crippen molar-refractivity contribution in [3.05, 3.63) is 22.4 Å². The van der Waals surface area contributed by atoms with Crippen LogP contribution in [0.15, 0.2) is 22.5 Å². The van der Waals surface area contributed by atoms with Gasteiger partial charge in [0.05, 0.1) is 13.2 Å². The number of hydrogen-bond acceptors (Lipinski definition) is 4. The summed E-state index contributed by atoms with van der Waals surface area (Å²) in [5.74, 6) is 1.52. The van der Waals surface area contributed by atoms with Crippen molar-refractivity contribution in [2.75, 3.05) is 53.0 Å². The third-order valence-corrected chi connectivity index (χ3v) is 5.17. The second-order valence-corrected chi connectivity index (χ2v) is 7.46. The monoisotopic (exact) mass is 480 g/mol. The van der Waals surface area contributed by atoms with Crippen molar-refractivity contribution in [3.63, 3.8) is 0 Å². The molecule has 144 valence electrons. The zero-order valence-corrected chi connectivity index (χ0v) is 18.6. The maximum atomic E-state index is 5.37. The third kappa shape index (κ3) is 9.77. The Balaban J connectivity index is 0.00000312. The first-order valence-corrected chi connectivity index (χ1v) is 9.93. The highest BCUT2D eigenvalue weighted by Crippen LogP contribution is 2.13. The molecule has 1 unspecified atom stereocenters. The van der Waals surface area contributed by atoms with Crippen LogP contribution in [0.2, 0.25) is 0 Å². The Labute approximate surface area is 173 Å². The fourth-order valence-corrected chi connectivity index (χ4v) is 3.70. The van der Waals surface area contributed by atoms with Crippen molar-refractivity contribution < 1.29 is 4.74 Å². The molecule has 1 aromatic rings. The fraction of sp³-hybridized carbons (Fsp3) is 0.722. The Hall–Kier alpha value is -0.380. The molecule has 1 saturated heterocycles.